The third-order valence-corrected chi connectivity index (χ3v) is 1.47. The van der Waals surface area contributed by atoms with Crippen molar-refractivity contribution in [3.8, 4) is 0 Å². The van der Waals surface area contributed by atoms with Crippen LogP contribution in [-0.4, -0.2) is 24.3 Å². The summed E-state index contributed by atoms with van der Waals surface area (Å²) in [5.41, 5.74) is 0. The zero-order valence-corrected chi connectivity index (χ0v) is 7.22. The second-order valence-electron chi connectivity index (χ2n) is 3.07. The quantitative estimate of drug-likeness (QED) is 0.605. The molecular formula is C8H19NO. The van der Waals surface area contributed by atoms with Crippen LogP contribution in [0.1, 0.15) is 27.2 Å². The van der Waals surface area contributed by atoms with Crippen LogP contribution in [0.25, 0.3) is 0 Å². The minimum absolute atomic E-state index is 0.256. The molecule has 0 fully saturated rings. The summed E-state index contributed by atoms with van der Waals surface area (Å²) in [6.07, 6.45) is 1.06. The minimum Gasteiger partial charge on any atom is -0.395 e. The van der Waals surface area contributed by atoms with Crippen molar-refractivity contribution in [2.75, 3.05) is 13.2 Å². The lowest BCUT2D eigenvalue weighted by Gasteiger charge is -2.16. The van der Waals surface area contributed by atoms with E-state index in [2.05, 4.69) is 26.1 Å². The van der Waals surface area contributed by atoms with E-state index in [0.717, 1.165) is 13.0 Å². The molecule has 1 atom stereocenters. The Bertz CT molecular complexity index is 73.7. The van der Waals surface area contributed by atoms with Crippen LogP contribution in [0.5, 0.6) is 0 Å². The molecule has 0 radical (unpaired) electrons. The molecule has 0 aromatic rings. The summed E-state index contributed by atoms with van der Waals surface area (Å²) in [5, 5.41) is 12.1. The summed E-state index contributed by atoms with van der Waals surface area (Å²) in [7, 11) is 0. The van der Waals surface area contributed by atoms with Gasteiger partial charge in [0.05, 0.1) is 6.61 Å². The molecule has 0 amide bonds. The van der Waals surface area contributed by atoms with Gasteiger partial charge >= 0.3 is 0 Å². The molecular weight excluding hydrogens is 126 g/mol. The van der Waals surface area contributed by atoms with Crippen molar-refractivity contribution < 1.29 is 5.11 Å². The maximum absolute atomic E-state index is 8.84. The van der Waals surface area contributed by atoms with Crippen LogP contribution in [0.3, 0.4) is 0 Å². The van der Waals surface area contributed by atoms with Crippen molar-refractivity contribution in [1.29, 1.82) is 0 Å². The number of rotatable bonds is 5. The van der Waals surface area contributed by atoms with Crippen LogP contribution in [0.15, 0.2) is 0 Å². The van der Waals surface area contributed by atoms with Gasteiger partial charge in [0, 0.05) is 6.04 Å². The van der Waals surface area contributed by atoms with Crippen LogP contribution in [0.4, 0.5) is 0 Å². The number of nitrogens with one attached hydrogen (secondary N) is 1. The van der Waals surface area contributed by atoms with E-state index >= 15 is 0 Å². The van der Waals surface area contributed by atoms with Gasteiger partial charge in [0.15, 0.2) is 0 Å². The highest BCUT2D eigenvalue weighted by Crippen LogP contribution is 2.03. The lowest BCUT2D eigenvalue weighted by Crippen LogP contribution is -2.33. The first-order valence-corrected chi connectivity index (χ1v) is 4.05. The van der Waals surface area contributed by atoms with Gasteiger partial charge in [-0.1, -0.05) is 20.8 Å². The molecule has 0 unspecified atom stereocenters. The van der Waals surface area contributed by atoms with E-state index < -0.39 is 0 Å². The van der Waals surface area contributed by atoms with Crippen LogP contribution in [-0.2, 0) is 0 Å². The Labute approximate surface area is 63.6 Å². The van der Waals surface area contributed by atoms with E-state index in [0.29, 0.717) is 12.0 Å². The van der Waals surface area contributed by atoms with Crippen LogP contribution in [0, 0.1) is 5.92 Å². The van der Waals surface area contributed by atoms with Crippen LogP contribution < -0.4 is 5.32 Å². The second-order valence-corrected chi connectivity index (χ2v) is 3.07. The Kier molecular flexibility index (Phi) is 5.64. The molecule has 2 nitrogen and oxygen atoms in total. The first-order chi connectivity index (χ1) is 4.70. The molecule has 0 aliphatic rings. The van der Waals surface area contributed by atoms with Crippen molar-refractivity contribution in [3.63, 3.8) is 0 Å². The third kappa shape index (κ3) is 4.77. The van der Waals surface area contributed by atoms with E-state index in [1.54, 1.807) is 0 Å². The highest BCUT2D eigenvalue weighted by Gasteiger charge is 2.06. The zero-order valence-electron chi connectivity index (χ0n) is 7.22. The number of hydrogen-bond acceptors (Lipinski definition) is 2. The highest BCUT2D eigenvalue weighted by atomic mass is 16.3. The predicted octanol–water partition coefficient (Wildman–Crippen LogP) is 1.00. The molecule has 2 N–H and O–H groups in total. The van der Waals surface area contributed by atoms with E-state index in [1.807, 2.05) is 0 Å². The molecule has 0 spiro atoms. The van der Waals surface area contributed by atoms with E-state index in [9.17, 15) is 0 Å². The largest absolute Gasteiger partial charge is 0.395 e. The summed E-state index contributed by atoms with van der Waals surface area (Å²) in [5.74, 6) is 0.663. The minimum atomic E-state index is 0.256. The Hall–Kier alpha value is -0.0800. The number of aliphatic hydroxyl groups is 1. The topological polar surface area (TPSA) is 32.3 Å². The van der Waals surface area contributed by atoms with Gasteiger partial charge in [-0.2, -0.15) is 0 Å². The van der Waals surface area contributed by atoms with Crippen LogP contribution in [0.2, 0.25) is 0 Å². The van der Waals surface area contributed by atoms with Gasteiger partial charge < -0.3 is 10.4 Å². The molecule has 0 aliphatic carbocycles. The Morgan fingerprint density at radius 1 is 1.40 bits per heavy atom. The summed E-state index contributed by atoms with van der Waals surface area (Å²) >= 11 is 0. The third-order valence-electron chi connectivity index (χ3n) is 1.47. The second kappa shape index (κ2) is 5.69. The first-order valence-electron chi connectivity index (χ1n) is 4.05. The maximum atomic E-state index is 8.84. The summed E-state index contributed by atoms with van der Waals surface area (Å²) in [4.78, 5) is 0. The fraction of sp³-hybridized carbons (Fsp3) is 1.00. The molecule has 2 heteroatoms. The lowest BCUT2D eigenvalue weighted by atomic mass is 10.0. The van der Waals surface area contributed by atoms with Crippen molar-refractivity contribution in [3.05, 3.63) is 0 Å². The lowest BCUT2D eigenvalue weighted by molar-refractivity contribution is 0.226. The van der Waals surface area contributed by atoms with Gasteiger partial charge in [-0.3, -0.25) is 0 Å². The fourth-order valence-corrected chi connectivity index (χ4v) is 1.08. The average Bonchev–Trinajstić information content (AvgIpc) is 1.86. The van der Waals surface area contributed by atoms with Crippen LogP contribution >= 0.6 is 0 Å². The van der Waals surface area contributed by atoms with Crippen molar-refractivity contribution in [2.45, 2.75) is 33.2 Å². The molecule has 62 valence electrons. The molecule has 0 saturated heterocycles. The molecule has 0 aliphatic heterocycles. The molecule has 0 bridgehead atoms. The van der Waals surface area contributed by atoms with Gasteiger partial charge in [0.2, 0.25) is 0 Å². The van der Waals surface area contributed by atoms with Crippen molar-refractivity contribution in [1.82, 2.24) is 5.32 Å². The Morgan fingerprint density at radius 2 is 2.00 bits per heavy atom. The Balaban J connectivity index is 3.39. The summed E-state index contributed by atoms with van der Waals surface area (Å²) in [6.45, 7) is 7.59. The van der Waals surface area contributed by atoms with E-state index in [-0.39, 0.29) is 6.61 Å². The average molecular weight is 145 g/mol. The van der Waals surface area contributed by atoms with Gasteiger partial charge in [0.25, 0.3) is 0 Å². The fourth-order valence-electron chi connectivity index (χ4n) is 1.08. The summed E-state index contributed by atoms with van der Waals surface area (Å²) in [6, 6.07) is 0.296. The summed E-state index contributed by atoms with van der Waals surface area (Å²) < 4.78 is 0. The van der Waals surface area contributed by atoms with Gasteiger partial charge in [-0.15, -0.1) is 0 Å². The Morgan fingerprint density at radius 3 is 2.30 bits per heavy atom. The monoisotopic (exact) mass is 145 g/mol. The standard InChI is InChI=1S/C8H19NO/c1-4-9-8(6-10)5-7(2)3/h7-10H,4-6H2,1-3H3/t8-/m0/s1. The highest BCUT2D eigenvalue weighted by molar-refractivity contribution is 4.65. The number of hydrogen-bond donors (Lipinski definition) is 2. The van der Waals surface area contributed by atoms with Gasteiger partial charge in [0.1, 0.15) is 0 Å². The molecule has 0 heterocycles. The maximum Gasteiger partial charge on any atom is 0.0584 e. The van der Waals surface area contributed by atoms with Crippen molar-refractivity contribution >= 4 is 0 Å². The first kappa shape index (κ1) is 9.92. The molecule has 0 saturated carbocycles. The normalized spacial score (nSPS) is 14.1. The van der Waals surface area contributed by atoms with E-state index in [4.69, 9.17) is 5.11 Å². The molecule has 0 aromatic carbocycles. The molecule has 10 heavy (non-hydrogen) atoms. The smallest absolute Gasteiger partial charge is 0.0584 e. The molecule has 0 aromatic heterocycles. The van der Waals surface area contributed by atoms with Gasteiger partial charge in [-0.25, -0.2) is 0 Å². The zero-order chi connectivity index (χ0) is 7.98. The SMILES string of the molecule is CCN[C@H](CO)CC(C)C. The van der Waals surface area contributed by atoms with Crippen molar-refractivity contribution in [2.24, 2.45) is 5.92 Å². The van der Waals surface area contributed by atoms with E-state index in [1.165, 1.54) is 0 Å². The van der Waals surface area contributed by atoms with Gasteiger partial charge in [-0.05, 0) is 18.9 Å². The predicted molar refractivity (Wildman–Crippen MR) is 44.0 cm³/mol. The number of likely N-dealkylation sites (N-methyl/N-ethyl adjacent to an activating group) is 1. The molecule has 0 rings (SSSR count). The number of aliphatic hydroxyl groups excluding tert-OH is 1.